The normalized spacial score (nSPS) is 15.5. The van der Waals surface area contributed by atoms with Gasteiger partial charge >= 0.3 is 11.9 Å². The molecule has 0 bridgehead atoms. The summed E-state index contributed by atoms with van der Waals surface area (Å²) in [6, 6.07) is 9.43. The highest BCUT2D eigenvalue weighted by Gasteiger charge is 2.33. The van der Waals surface area contributed by atoms with Crippen molar-refractivity contribution in [3.63, 3.8) is 0 Å². The number of anilines is 1. The lowest BCUT2D eigenvalue weighted by molar-refractivity contribution is -0.137. The molecule has 30 heavy (non-hydrogen) atoms. The second-order valence-corrected chi connectivity index (χ2v) is 8.52. The van der Waals surface area contributed by atoms with Crippen LogP contribution in [0.2, 0.25) is 0 Å². The van der Waals surface area contributed by atoms with Gasteiger partial charge in [-0.05, 0) is 30.3 Å². The molecule has 2 aromatic carbocycles. The van der Waals surface area contributed by atoms with E-state index in [1.807, 2.05) is 0 Å². The van der Waals surface area contributed by atoms with E-state index in [9.17, 15) is 35.2 Å². The maximum absolute atomic E-state index is 13.0. The number of para-hydroxylation sites is 1. The van der Waals surface area contributed by atoms with Crippen molar-refractivity contribution in [3.8, 4) is 0 Å². The SMILES string of the molecule is O=C(c1cccc(C(F)(F)F)c1)N1CCN(c2ccccc2S(=O)(=O)C(F)F)CC1. The van der Waals surface area contributed by atoms with Gasteiger partial charge in [0.2, 0.25) is 9.84 Å². The molecule has 1 amide bonds. The Morgan fingerprint density at radius 2 is 1.57 bits per heavy atom. The standard InChI is InChI=1S/C19H17F5N2O3S/c20-18(21)30(28,29)16-7-2-1-6-15(16)25-8-10-26(11-9-25)17(27)13-4-3-5-14(12-13)19(22,23)24/h1-7,12,18H,8-11H2. The molecule has 0 radical (unpaired) electrons. The van der Waals surface area contributed by atoms with E-state index in [1.54, 1.807) is 4.90 Å². The number of hydrogen-bond donors (Lipinski definition) is 0. The number of amides is 1. The second kappa shape index (κ2) is 8.21. The lowest BCUT2D eigenvalue weighted by atomic mass is 10.1. The van der Waals surface area contributed by atoms with Gasteiger partial charge in [0.25, 0.3) is 5.91 Å². The van der Waals surface area contributed by atoms with Crippen LogP contribution in [0.3, 0.4) is 0 Å². The van der Waals surface area contributed by atoms with E-state index in [1.165, 1.54) is 29.2 Å². The summed E-state index contributed by atoms with van der Waals surface area (Å²) in [6.07, 6.45) is -4.57. The molecule has 1 saturated heterocycles. The van der Waals surface area contributed by atoms with E-state index in [0.717, 1.165) is 24.3 Å². The van der Waals surface area contributed by atoms with Gasteiger partial charge in [0, 0.05) is 31.7 Å². The minimum absolute atomic E-state index is 0.0954. The number of rotatable bonds is 4. The van der Waals surface area contributed by atoms with Crippen LogP contribution in [0.4, 0.5) is 27.6 Å². The smallest absolute Gasteiger partial charge is 0.367 e. The topological polar surface area (TPSA) is 57.7 Å². The van der Waals surface area contributed by atoms with Crippen LogP contribution in [0.25, 0.3) is 0 Å². The molecule has 162 valence electrons. The molecule has 1 heterocycles. The van der Waals surface area contributed by atoms with Gasteiger partial charge in [0.05, 0.1) is 16.1 Å². The first-order chi connectivity index (χ1) is 14.0. The first-order valence-electron chi connectivity index (χ1n) is 8.84. The highest BCUT2D eigenvalue weighted by Crippen LogP contribution is 2.31. The molecule has 11 heteroatoms. The minimum atomic E-state index is -4.81. The fraction of sp³-hybridized carbons (Fsp3) is 0.316. The number of sulfone groups is 1. The van der Waals surface area contributed by atoms with Gasteiger partial charge in [-0.2, -0.15) is 22.0 Å². The second-order valence-electron chi connectivity index (χ2n) is 6.63. The van der Waals surface area contributed by atoms with Crippen molar-refractivity contribution < 1.29 is 35.2 Å². The predicted octanol–water partition coefficient (Wildman–Crippen LogP) is 3.66. The van der Waals surface area contributed by atoms with Crippen LogP contribution >= 0.6 is 0 Å². The molecule has 3 rings (SSSR count). The van der Waals surface area contributed by atoms with Gasteiger partial charge in [-0.25, -0.2) is 8.42 Å². The molecular formula is C19H17F5N2O3S. The van der Waals surface area contributed by atoms with Crippen molar-refractivity contribution in [1.82, 2.24) is 4.90 Å². The van der Waals surface area contributed by atoms with Gasteiger partial charge in [0.1, 0.15) is 0 Å². The summed E-state index contributed by atoms with van der Waals surface area (Å²) in [7, 11) is -4.81. The maximum Gasteiger partial charge on any atom is 0.416 e. The first kappa shape index (κ1) is 22.0. The minimum Gasteiger partial charge on any atom is -0.367 e. The summed E-state index contributed by atoms with van der Waals surface area (Å²) in [5, 5.41) is 0. The van der Waals surface area contributed by atoms with Crippen LogP contribution in [-0.4, -0.2) is 51.2 Å². The van der Waals surface area contributed by atoms with E-state index in [4.69, 9.17) is 0 Å². The van der Waals surface area contributed by atoms with Crippen LogP contribution in [-0.2, 0) is 16.0 Å². The maximum atomic E-state index is 13.0. The lowest BCUT2D eigenvalue weighted by Gasteiger charge is -2.37. The quantitative estimate of drug-likeness (QED) is 0.670. The van der Waals surface area contributed by atoms with E-state index in [0.29, 0.717) is 0 Å². The summed E-state index contributed by atoms with van der Waals surface area (Å²) in [4.78, 5) is 15.0. The molecule has 1 fully saturated rings. The Morgan fingerprint density at radius 3 is 2.17 bits per heavy atom. The number of benzene rings is 2. The Kier molecular flexibility index (Phi) is 6.02. The molecule has 0 unspecified atom stereocenters. The molecule has 0 aromatic heterocycles. The molecule has 0 aliphatic carbocycles. The van der Waals surface area contributed by atoms with Crippen LogP contribution in [0.15, 0.2) is 53.4 Å². The predicted molar refractivity (Wildman–Crippen MR) is 99.2 cm³/mol. The Morgan fingerprint density at radius 1 is 0.933 bits per heavy atom. The zero-order chi connectivity index (χ0) is 22.1. The summed E-state index contributed by atoms with van der Waals surface area (Å²) in [5.74, 6) is -4.16. The Bertz CT molecular complexity index is 1030. The molecule has 5 nitrogen and oxygen atoms in total. The number of halogens is 5. The number of piperazine rings is 1. The van der Waals surface area contributed by atoms with E-state index < -0.39 is 38.1 Å². The van der Waals surface area contributed by atoms with Crippen LogP contribution in [0.5, 0.6) is 0 Å². The highest BCUT2D eigenvalue weighted by molar-refractivity contribution is 7.91. The van der Waals surface area contributed by atoms with Gasteiger partial charge in [-0.1, -0.05) is 18.2 Å². The molecular weight excluding hydrogens is 431 g/mol. The van der Waals surface area contributed by atoms with Gasteiger partial charge in [-0.15, -0.1) is 0 Å². The van der Waals surface area contributed by atoms with Crippen molar-refractivity contribution in [2.75, 3.05) is 31.1 Å². The molecule has 1 aliphatic rings. The highest BCUT2D eigenvalue weighted by atomic mass is 32.2. The van der Waals surface area contributed by atoms with Crippen LogP contribution < -0.4 is 4.90 Å². The van der Waals surface area contributed by atoms with Gasteiger partial charge < -0.3 is 9.80 Å². The van der Waals surface area contributed by atoms with Crippen molar-refractivity contribution in [2.24, 2.45) is 0 Å². The Labute approximate surface area is 169 Å². The number of carbonyl (C=O) groups is 1. The summed E-state index contributed by atoms with van der Waals surface area (Å²) >= 11 is 0. The van der Waals surface area contributed by atoms with E-state index in [-0.39, 0.29) is 37.4 Å². The third-order valence-electron chi connectivity index (χ3n) is 4.75. The molecule has 0 atom stereocenters. The van der Waals surface area contributed by atoms with Crippen molar-refractivity contribution >= 4 is 21.4 Å². The molecule has 0 saturated carbocycles. The van der Waals surface area contributed by atoms with E-state index in [2.05, 4.69) is 0 Å². The summed E-state index contributed by atoms with van der Waals surface area (Å²) < 4.78 is 88.4. The third-order valence-corrected chi connectivity index (χ3v) is 6.18. The molecule has 2 aromatic rings. The lowest BCUT2D eigenvalue weighted by Crippen LogP contribution is -2.49. The van der Waals surface area contributed by atoms with Crippen molar-refractivity contribution in [2.45, 2.75) is 16.8 Å². The first-order valence-corrected chi connectivity index (χ1v) is 10.4. The average Bonchev–Trinajstić information content (AvgIpc) is 2.72. The fourth-order valence-corrected chi connectivity index (χ4v) is 4.17. The van der Waals surface area contributed by atoms with Crippen LogP contribution in [0, 0.1) is 0 Å². The Hall–Kier alpha value is -2.69. The average molecular weight is 448 g/mol. The zero-order valence-corrected chi connectivity index (χ0v) is 16.3. The number of alkyl halides is 5. The van der Waals surface area contributed by atoms with E-state index >= 15 is 0 Å². The monoisotopic (exact) mass is 448 g/mol. The molecule has 0 N–H and O–H groups in total. The van der Waals surface area contributed by atoms with Crippen molar-refractivity contribution in [1.29, 1.82) is 0 Å². The number of hydrogen-bond acceptors (Lipinski definition) is 4. The number of nitrogens with zero attached hydrogens (tertiary/aromatic N) is 2. The van der Waals surface area contributed by atoms with Gasteiger partial charge in [-0.3, -0.25) is 4.79 Å². The summed E-state index contributed by atoms with van der Waals surface area (Å²) in [6.45, 7) is 0.469. The zero-order valence-electron chi connectivity index (χ0n) is 15.4. The molecule has 0 spiro atoms. The Balaban J connectivity index is 1.76. The largest absolute Gasteiger partial charge is 0.416 e. The van der Waals surface area contributed by atoms with Crippen molar-refractivity contribution in [3.05, 3.63) is 59.7 Å². The number of carbonyl (C=O) groups excluding carboxylic acids is 1. The third kappa shape index (κ3) is 4.40. The molecule has 1 aliphatic heterocycles. The van der Waals surface area contributed by atoms with Crippen LogP contribution in [0.1, 0.15) is 15.9 Å². The fourth-order valence-electron chi connectivity index (χ4n) is 3.22. The summed E-state index contributed by atoms with van der Waals surface area (Å²) in [5.41, 5.74) is -0.943. The van der Waals surface area contributed by atoms with Gasteiger partial charge in [0.15, 0.2) is 0 Å².